The Morgan fingerprint density at radius 2 is 2.10 bits per heavy atom. The summed E-state index contributed by atoms with van der Waals surface area (Å²) in [6.45, 7) is 1.82. The summed E-state index contributed by atoms with van der Waals surface area (Å²) >= 11 is 0. The fourth-order valence-electron chi connectivity index (χ4n) is 2.11. The number of methoxy groups -OCH3 is 1. The third-order valence-electron chi connectivity index (χ3n) is 3.42. The molecule has 0 aliphatic heterocycles. The molecule has 0 bridgehead atoms. The van der Waals surface area contributed by atoms with Crippen LogP contribution in [0.4, 0.5) is 0 Å². The first-order valence-electron chi connectivity index (χ1n) is 6.78. The van der Waals surface area contributed by atoms with E-state index in [-0.39, 0.29) is 24.0 Å². The highest BCUT2D eigenvalue weighted by Crippen LogP contribution is 2.27. The number of halogens is 1. The average Bonchev–Trinajstić information content (AvgIpc) is 3.24. The Kier molecular flexibility index (Phi) is 7.12. The molecule has 0 saturated heterocycles. The molecular formula is C15H24IN3O. The Morgan fingerprint density at radius 3 is 2.70 bits per heavy atom. The van der Waals surface area contributed by atoms with Gasteiger partial charge in [-0.15, -0.1) is 24.0 Å². The van der Waals surface area contributed by atoms with E-state index in [0.29, 0.717) is 0 Å². The highest BCUT2D eigenvalue weighted by Gasteiger charge is 2.21. The standard InChI is InChI=1S/C15H23N3O.HI/c1-16-15(17-10-12-8-9-12)18(2)11-13-6-4-5-7-14(13)19-3;/h4-7,12H,8-11H2,1-3H3,(H,16,17);1H. The fraction of sp³-hybridized carbons (Fsp3) is 0.533. The number of benzene rings is 1. The van der Waals surface area contributed by atoms with E-state index in [2.05, 4.69) is 28.3 Å². The van der Waals surface area contributed by atoms with Crippen LogP contribution >= 0.6 is 24.0 Å². The van der Waals surface area contributed by atoms with Crippen LogP contribution in [0.25, 0.3) is 0 Å². The number of guanidine groups is 1. The molecule has 1 aliphatic carbocycles. The molecule has 20 heavy (non-hydrogen) atoms. The molecule has 4 nitrogen and oxygen atoms in total. The van der Waals surface area contributed by atoms with Crippen molar-refractivity contribution in [1.82, 2.24) is 10.2 Å². The number of nitrogens with one attached hydrogen (secondary N) is 1. The van der Waals surface area contributed by atoms with Crippen LogP contribution in [0.15, 0.2) is 29.3 Å². The Balaban J connectivity index is 0.00000200. The molecule has 1 fully saturated rings. The molecule has 1 N–H and O–H groups in total. The van der Waals surface area contributed by atoms with Gasteiger partial charge >= 0.3 is 0 Å². The lowest BCUT2D eigenvalue weighted by Crippen LogP contribution is -2.39. The summed E-state index contributed by atoms with van der Waals surface area (Å²) in [4.78, 5) is 6.46. The molecular weight excluding hydrogens is 365 g/mol. The smallest absolute Gasteiger partial charge is 0.193 e. The maximum atomic E-state index is 5.38. The van der Waals surface area contributed by atoms with Crippen molar-refractivity contribution >= 4 is 29.9 Å². The van der Waals surface area contributed by atoms with Crippen LogP contribution in [0, 0.1) is 5.92 Å². The number of hydrogen-bond acceptors (Lipinski definition) is 2. The van der Waals surface area contributed by atoms with E-state index >= 15 is 0 Å². The molecule has 0 atom stereocenters. The van der Waals surface area contributed by atoms with Gasteiger partial charge in [0.2, 0.25) is 0 Å². The van der Waals surface area contributed by atoms with Crippen molar-refractivity contribution < 1.29 is 4.74 Å². The maximum Gasteiger partial charge on any atom is 0.193 e. The van der Waals surface area contributed by atoms with Gasteiger partial charge in [-0.2, -0.15) is 0 Å². The molecule has 112 valence electrons. The zero-order valence-electron chi connectivity index (χ0n) is 12.4. The molecule has 0 spiro atoms. The van der Waals surface area contributed by atoms with Crippen molar-refractivity contribution in [2.45, 2.75) is 19.4 Å². The minimum Gasteiger partial charge on any atom is -0.496 e. The molecule has 1 aromatic rings. The number of ether oxygens (including phenoxy) is 1. The highest BCUT2D eigenvalue weighted by atomic mass is 127. The quantitative estimate of drug-likeness (QED) is 0.478. The number of rotatable bonds is 5. The summed E-state index contributed by atoms with van der Waals surface area (Å²) in [5.74, 6) is 2.71. The van der Waals surface area contributed by atoms with Crippen molar-refractivity contribution in [1.29, 1.82) is 0 Å². The van der Waals surface area contributed by atoms with Crippen LogP contribution in [0.1, 0.15) is 18.4 Å². The molecule has 0 heterocycles. The molecule has 0 aromatic heterocycles. The lowest BCUT2D eigenvalue weighted by atomic mass is 10.2. The van der Waals surface area contributed by atoms with E-state index in [4.69, 9.17) is 4.74 Å². The highest BCUT2D eigenvalue weighted by molar-refractivity contribution is 14.0. The second kappa shape index (κ2) is 8.34. The summed E-state index contributed by atoms with van der Waals surface area (Å²) in [5.41, 5.74) is 1.17. The van der Waals surface area contributed by atoms with Crippen molar-refractivity contribution in [3.8, 4) is 5.75 Å². The van der Waals surface area contributed by atoms with E-state index in [0.717, 1.165) is 30.7 Å². The maximum absolute atomic E-state index is 5.38. The second-order valence-corrected chi connectivity index (χ2v) is 5.04. The molecule has 1 aromatic carbocycles. The first kappa shape index (κ1) is 17.1. The van der Waals surface area contributed by atoms with Crippen LogP contribution in [0.2, 0.25) is 0 Å². The lowest BCUT2D eigenvalue weighted by Gasteiger charge is -2.23. The van der Waals surface area contributed by atoms with Crippen molar-refractivity contribution in [3.05, 3.63) is 29.8 Å². The Labute approximate surface area is 138 Å². The normalized spacial score (nSPS) is 14.4. The van der Waals surface area contributed by atoms with Gasteiger partial charge in [0.1, 0.15) is 5.75 Å². The Hall–Kier alpha value is -0.980. The van der Waals surface area contributed by atoms with Gasteiger partial charge in [-0.1, -0.05) is 18.2 Å². The summed E-state index contributed by atoms with van der Waals surface area (Å²) in [6, 6.07) is 8.10. The van der Waals surface area contributed by atoms with Crippen LogP contribution < -0.4 is 10.1 Å². The van der Waals surface area contributed by atoms with E-state index in [1.54, 1.807) is 7.11 Å². The Morgan fingerprint density at radius 1 is 1.40 bits per heavy atom. The largest absolute Gasteiger partial charge is 0.496 e. The van der Waals surface area contributed by atoms with Gasteiger partial charge in [0.15, 0.2) is 5.96 Å². The lowest BCUT2D eigenvalue weighted by molar-refractivity contribution is 0.396. The molecule has 0 unspecified atom stereocenters. The summed E-state index contributed by atoms with van der Waals surface area (Å²) in [5, 5.41) is 3.42. The van der Waals surface area contributed by atoms with Crippen LogP contribution in [0.3, 0.4) is 0 Å². The van der Waals surface area contributed by atoms with Gasteiger partial charge in [-0.25, -0.2) is 0 Å². The fourth-order valence-corrected chi connectivity index (χ4v) is 2.11. The number of aliphatic imine (C=N–C) groups is 1. The zero-order valence-corrected chi connectivity index (χ0v) is 14.8. The predicted octanol–water partition coefficient (Wildman–Crippen LogP) is 2.73. The third kappa shape index (κ3) is 4.85. The summed E-state index contributed by atoms with van der Waals surface area (Å²) in [7, 11) is 5.58. The van der Waals surface area contributed by atoms with Crippen molar-refractivity contribution in [2.24, 2.45) is 10.9 Å². The van der Waals surface area contributed by atoms with Crippen molar-refractivity contribution in [3.63, 3.8) is 0 Å². The predicted molar refractivity (Wildman–Crippen MR) is 94.0 cm³/mol. The first-order chi connectivity index (χ1) is 9.24. The zero-order chi connectivity index (χ0) is 13.7. The minimum atomic E-state index is 0. The molecule has 0 amide bonds. The minimum absolute atomic E-state index is 0. The Bertz CT molecular complexity index is 446. The molecule has 2 rings (SSSR count). The molecule has 1 saturated carbocycles. The van der Waals surface area contributed by atoms with Gasteiger partial charge in [0.25, 0.3) is 0 Å². The number of hydrogen-bond donors (Lipinski definition) is 1. The first-order valence-corrected chi connectivity index (χ1v) is 6.78. The van der Waals surface area contributed by atoms with E-state index in [1.807, 2.05) is 25.2 Å². The van der Waals surface area contributed by atoms with Crippen LogP contribution in [0.5, 0.6) is 5.75 Å². The number of para-hydroxylation sites is 1. The monoisotopic (exact) mass is 389 g/mol. The topological polar surface area (TPSA) is 36.9 Å². The molecule has 0 radical (unpaired) electrons. The molecule has 5 heteroatoms. The van der Waals surface area contributed by atoms with Gasteiger partial charge in [-0.3, -0.25) is 4.99 Å². The SMILES string of the molecule is CN=C(NCC1CC1)N(C)Cc1ccccc1OC.I. The summed E-state index contributed by atoms with van der Waals surface area (Å²) in [6.07, 6.45) is 2.69. The second-order valence-electron chi connectivity index (χ2n) is 5.04. The summed E-state index contributed by atoms with van der Waals surface area (Å²) < 4.78 is 5.38. The molecule has 1 aliphatic rings. The van der Waals surface area contributed by atoms with Crippen LogP contribution in [-0.2, 0) is 6.54 Å². The van der Waals surface area contributed by atoms with Crippen LogP contribution in [-0.4, -0.2) is 38.6 Å². The number of nitrogens with zero attached hydrogens (tertiary/aromatic N) is 2. The van der Waals surface area contributed by atoms with Crippen molar-refractivity contribution in [2.75, 3.05) is 27.7 Å². The van der Waals surface area contributed by atoms with Gasteiger partial charge in [-0.05, 0) is 24.8 Å². The van der Waals surface area contributed by atoms with E-state index in [9.17, 15) is 0 Å². The van der Waals surface area contributed by atoms with Gasteiger partial charge in [0, 0.05) is 32.7 Å². The third-order valence-corrected chi connectivity index (χ3v) is 3.42. The van der Waals surface area contributed by atoms with Gasteiger partial charge in [0.05, 0.1) is 7.11 Å². The average molecular weight is 389 g/mol. The van der Waals surface area contributed by atoms with E-state index < -0.39 is 0 Å². The van der Waals surface area contributed by atoms with E-state index in [1.165, 1.54) is 18.4 Å². The van der Waals surface area contributed by atoms with Gasteiger partial charge < -0.3 is 15.0 Å².